The Morgan fingerprint density at radius 2 is 1.66 bits per heavy atom. The van der Waals surface area contributed by atoms with Crippen molar-refractivity contribution in [3.05, 3.63) is 101 Å². The summed E-state index contributed by atoms with van der Waals surface area (Å²) < 4.78 is 2.23. The van der Waals surface area contributed by atoms with Gasteiger partial charge in [0.15, 0.2) is 5.78 Å². The fourth-order valence-electron chi connectivity index (χ4n) is 4.49. The third-order valence-corrected chi connectivity index (χ3v) is 6.08. The Kier molecular flexibility index (Phi) is 6.45. The van der Waals surface area contributed by atoms with Crippen molar-refractivity contribution in [1.82, 2.24) is 4.57 Å². The van der Waals surface area contributed by atoms with Crippen LogP contribution < -0.4 is 0 Å². The SMILES string of the molecule is CCCCc1ccc(C(=O)c2c(C(C)C)n(Cc3ccccc3)c3ccc(O)cc23)cc1. The first-order valence-electron chi connectivity index (χ1n) is 11.5. The number of phenolic OH excluding ortho intramolecular Hbond substituents is 1. The molecule has 0 aliphatic heterocycles. The molecule has 0 spiro atoms. The van der Waals surface area contributed by atoms with Gasteiger partial charge in [0.2, 0.25) is 0 Å². The topological polar surface area (TPSA) is 42.2 Å². The lowest BCUT2D eigenvalue weighted by Crippen LogP contribution is -2.11. The van der Waals surface area contributed by atoms with E-state index in [9.17, 15) is 9.90 Å². The Balaban J connectivity index is 1.85. The van der Waals surface area contributed by atoms with Gasteiger partial charge in [-0.1, -0.05) is 81.8 Å². The lowest BCUT2D eigenvalue weighted by molar-refractivity contribution is 0.103. The molecule has 0 fully saturated rings. The summed E-state index contributed by atoms with van der Waals surface area (Å²) in [6, 6.07) is 23.7. The molecule has 0 bridgehead atoms. The van der Waals surface area contributed by atoms with Crippen LogP contribution in [0.25, 0.3) is 10.9 Å². The average Bonchev–Trinajstić information content (AvgIpc) is 3.11. The second-order valence-corrected chi connectivity index (χ2v) is 8.82. The van der Waals surface area contributed by atoms with Crippen LogP contribution in [-0.4, -0.2) is 15.5 Å². The molecule has 3 heteroatoms. The summed E-state index contributed by atoms with van der Waals surface area (Å²) in [5.41, 5.74) is 5.81. The maximum absolute atomic E-state index is 13.8. The van der Waals surface area contributed by atoms with Gasteiger partial charge in [-0.2, -0.15) is 0 Å². The highest BCUT2D eigenvalue weighted by molar-refractivity contribution is 6.18. The van der Waals surface area contributed by atoms with Crippen LogP contribution in [0.5, 0.6) is 5.75 Å². The lowest BCUT2D eigenvalue weighted by atomic mass is 9.95. The van der Waals surface area contributed by atoms with E-state index in [4.69, 9.17) is 0 Å². The summed E-state index contributed by atoms with van der Waals surface area (Å²) in [5.74, 6) is 0.336. The van der Waals surface area contributed by atoms with Crippen molar-refractivity contribution in [3.63, 3.8) is 0 Å². The predicted octanol–water partition coefficient (Wildman–Crippen LogP) is 7.09. The van der Waals surface area contributed by atoms with Gasteiger partial charge >= 0.3 is 0 Å². The van der Waals surface area contributed by atoms with Crippen LogP contribution in [0.1, 0.15) is 72.3 Å². The van der Waals surface area contributed by atoms with Crippen molar-refractivity contribution in [2.45, 2.75) is 52.5 Å². The fraction of sp³-hybridized carbons (Fsp3) is 0.276. The molecular formula is C29H31NO2. The van der Waals surface area contributed by atoms with Gasteiger partial charge in [-0.3, -0.25) is 4.79 Å². The van der Waals surface area contributed by atoms with Crippen molar-refractivity contribution in [2.75, 3.05) is 0 Å². The smallest absolute Gasteiger partial charge is 0.195 e. The Morgan fingerprint density at radius 1 is 0.938 bits per heavy atom. The number of rotatable bonds is 8. The number of hydrogen-bond donors (Lipinski definition) is 1. The van der Waals surface area contributed by atoms with Gasteiger partial charge in [0.1, 0.15) is 5.75 Å². The molecule has 32 heavy (non-hydrogen) atoms. The molecular weight excluding hydrogens is 394 g/mol. The zero-order valence-corrected chi connectivity index (χ0v) is 19.1. The first kappa shape index (κ1) is 21.9. The fourth-order valence-corrected chi connectivity index (χ4v) is 4.49. The van der Waals surface area contributed by atoms with Crippen molar-refractivity contribution in [1.29, 1.82) is 0 Å². The Labute approximate surface area is 190 Å². The van der Waals surface area contributed by atoms with Crippen molar-refractivity contribution in [2.24, 2.45) is 0 Å². The van der Waals surface area contributed by atoms with Crippen molar-refractivity contribution in [3.8, 4) is 5.75 Å². The molecule has 4 rings (SSSR count). The van der Waals surface area contributed by atoms with Gasteiger partial charge < -0.3 is 9.67 Å². The monoisotopic (exact) mass is 425 g/mol. The number of aryl methyl sites for hydroxylation is 1. The van der Waals surface area contributed by atoms with Crippen LogP contribution in [0.15, 0.2) is 72.8 Å². The Bertz CT molecular complexity index is 1220. The van der Waals surface area contributed by atoms with E-state index in [0.29, 0.717) is 17.7 Å². The number of carbonyl (C=O) groups excluding carboxylic acids is 1. The largest absolute Gasteiger partial charge is 0.508 e. The summed E-state index contributed by atoms with van der Waals surface area (Å²) in [6.45, 7) is 7.12. The third-order valence-electron chi connectivity index (χ3n) is 6.08. The first-order chi connectivity index (χ1) is 15.5. The minimum atomic E-state index is 0.0122. The maximum Gasteiger partial charge on any atom is 0.195 e. The van der Waals surface area contributed by atoms with Crippen LogP contribution in [0.3, 0.4) is 0 Å². The molecule has 0 amide bonds. The molecule has 3 nitrogen and oxygen atoms in total. The highest BCUT2D eigenvalue weighted by Gasteiger charge is 2.25. The standard InChI is InChI=1S/C29H31NO2/c1-4-5-9-21-12-14-23(15-13-21)29(32)27-25-18-24(31)16-17-26(25)30(28(27)20(2)3)19-22-10-7-6-8-11-22/h6-8,10-18,20,31H,4-5,9,19H2,1-3H3. The second-order valence-electron chi connectivity index (χ2n) is 8.82. The van der Waals surface area contributed by atoms with Gasteiger partial charge in [-0.05, 0) is 48.1 Å². The van der Waals surface area contributed by atoms with Gasteiger partial charge in [0.05, 0.1) is 5.56 Å². The summed E-state index contributed by atoms with van der Waals surface area (Å²) in [6.07, 6.45) is 3.34. The number of aromatic nitrogens is 1. The van der Waals surface area contributed by atoms with E-state index in [2.05, 4.69) is 49.6 Å². The molecule has 164 valence electrons. The summed E-state index contributed by atoms with van der Waals surface area (Å²) >= 11 is 0. The molecule has 0 saturated heterocycles. The molecule has 1 aromatic heterocycles. The van der Waals surface area contributed by atoms with Gasteiger partial charge in [-0.15, -0.1) is 0 Å². The highest BCUT2D eigenvalue weighted by atomic mass is 16.3. The van der Waals surface area contributed by atoms with Gasteiger partial charge in [0.25, 0.3) is 0 Å². The predicted molar refractivity (Wildman–Crippen MR) is 132 cm³/mol. The number of benzene rings is 3. The molecule has 0 aliphatic rings. The number of nitrogens with zero attached hydrogens (tertiary/aromatic N) is 1. The van der Waals surface area contributed by atoms with E-state index < -0.39 is 0 Å². The van der Waals surface area contributed by atoms with Crippen LogP contribution in [0, 0.1) is 0 Å². The van der Waals surface area contributed by atoms with E-state index in [1.165, 1.54) is 11.1 Å². The molecule has 3 aromatic carbocycles. The van der Waals surface area contributed by atoms with E-state index in [0.717, 1.165) is 35.9 Å². The minimum Gasteiger partial charge on any atom is -0.508 e. The van der Waals surface area contributed by atoms with E-state index in [-0.39, 0.29) is 17.5 Å². The Hall–Kier alpha value is -3.33. The minimum absolute atomic E-state index is 0.0122. The van der Waals surface area contributed by atoms with E-state index in [1.54, 1.807) is 12.1 Å². The molecule has 0 atom stereocenters. The third kappa shape index (κ3) is 4.34. The molecule has 0 aliphatic carbocycles. The zero-order valence-electron chi connectivity index (χ0n) is 19.1. The van der Waals surface area contributed by atoms with Crippen LogP contribution in [0.4, 0.5) is 0 Å². The number of phenols is 1. The normalized spacial score (nSPS) is 11.4. The van der Waals surface area contributed by atoms with Crippen molar-refractivity contribution >= 4 is 16.7 Å². The number of fused-ring (bicyclic) bond motifs is 1. The maximum atomic E-state index is 13.8. The van der Waals surface area contributed by atoms with Crippen LogP contribution >= 0.6 is 0 Å². The number of hydrogen-bond acceptors (Lipinski definition) is 2. The summed E-state index contributed by atoms with van der Waals surface area (Å²) in [7, 11) is 0. The quantitative estimate of drug-likeness (QED) is 0.306. The second kappa shape index (κ2) is 9.44. The number of carbonyl (C=O) groups is 1. The van der Waals surface area contributed by atoms with E-state index in [1.807, 2.05) is 36.4 Å². The molecule has 1 N–H and O–H groups in total. The Morgan fingerprint density at radius 3 is 2.31 bits per heavy atom. The number of aromatic hydroxyl groups is 1. The first-order valence-corrected chi connectivity index (χ1v) is 11.5. The number of ketones is 1. The molecule has 0 unspecified atom stereocenters. The lowest BCUT2D eigenvalue weighted by Gasteiger charge is -2.15. The van der Waals surface area contributed by atoms with Crippen LogP contribution in [-0.2, 0) is 13.0 Å². The summed E-state index contributed by atoms with van der Waals surface area (Å²) in [4.78, 5) is 13.8. The molecule has 0 radical (unpaired) electrons. The zero-order chi connectivity index (χ0) is 22.7. The molecule has 1 heterocycles. The van der Waals surface area contributed by atoms with Crippen LogP contribution in [0.2, 0.25) is 0 Å². The number of unbranched alkanes of at least 4 members (excludes halogenated alkanes) is 1. The molecule has 0 saturated carbocycles. The van der Waals surface area contributed by atoms with Crippen molar-refractivity contribution < 1.29 is 9.90 Å². The van der Waals surface area contributed by atoms with Gasteiger partial charge in [0, 0.05) is 28.7 Å². The highest BCUT2D eigenvalue weighted by Crippen LogP contribution is 2.35. The van der Waals surface area contributed by atoms with Gasteiger partial charge in [-0.25, -0.2) is 0 Å². The molecule has 4 aromatic rings. The average molecular weight is 426 g/mol. The van der Waals surface area contributed by atoms with E-state index >= 15 is 0 Å². The summed E-state index contributed by atoms with van der Waals surface area (Å²) in [5, 5.41) is 11.0.